The Morgan fingerprint density at radius 3 is 2.11 bits per heavy atom. The Bertz CT molecular complexity index is 232. The second kappa shape index (κ2) is 8.32. The van der Waals surface area contributed by atoms with Gasteiger partial charge in [0.1, 0.15) is 0 Å². The molecule has 0 aromatic heterocycles. The second-order valence-corrected chi connectivity index (χ2v) is 7.62. The van der Waals surface area contributed by atoms with Crippen LogP contribution in [0.1, 0.15) is 97.3 Å². The summed E-state index contributed by atoms with van der Waals surface area (Å²) >= 11 is 0. The molecule has 19 heavy (non-hydrogen) atoms. The highest BCUT2D eigenvalue weighted by Gasteiger charge is 2.25. The topological polar surface area (TPSA) is 0 Å². The van der Waals surface area contributed by atoms with Gasteiger partial charge in [-0.2, -0.15) is 0 Å². The maximum Gasteiger partial charge on any atom is -0.0386 e. The van der Waals surface area contributed by atoms with Crippen molar-refractivity contribution in [3.8, 4) is 0 Å². The van der Waals surface area contributed by atoms with Crippen molar-refractivity contribution < 1.29 is 0 Å². The normalized spacial score (nSPS) is 38.8. The molecule has 0 heterocycles. The summed E-state index contributed by atoms with van der Waals surface area (Å²) in [6, 6.07) is 0. The van der Waals surface area contributed by atoms with Crippen molar-refractivity contribution in [3.05, 3.63) is 0 Å². The highest BCUT2D eigenvalue weighted by Crippen LogP contribution is 2.38. The number of rotatable bonds is 2. The van der Waals surface area contributed by atoms with Crippen molar-refractivity contribution in [3.63, 3.8) is 0 Å². The van der Waals surface area contributed by atoms with Gasteiger partial charge in [-0.15, -0.1) is 0 Å². The van der Waals surface area contributed by atoms with Crippen LogP contribution in [-0.4, -0.2) is 0 Å². The summed E-state index contributed by atoms with van der Waals surface area (Å²) in [6.45, 7) is 4.88. The molecule has 2 saturated carbocycles. The molecular formula is C19H36. The van der Waals surface area contributed by atoms with E-state index in [2.05, 4.69) is 13.8 Å². The van der Waals surface area contributed by atoms with Gasteiger partial charge in [0.25, 0.3) is 0 Å². The zero-order valence-electron chi connectivity index (χ0n) is 13.5. The van der Waals surface area contributed by atoms with Crippen LogP contribution >= 0.6 is 0 Å². The van der Waals surface area contributed by atoms with Crippen LogP contribution in [-0.2, 0) is 0 Å². The molecule has 0 aromatic carbocycles. The van der Waals surface area contributed by atoms with Gasteiger partial charge in [0.2, 0.25) is 0 Å². The fourth-order valence-corrected chi connectivity index (χ4v) is 4.62. The molecule has 0 bridgehead atoms. The summed E-state index contributed by atoms with van der Waals surface area (Å²) in [6.07, 6.45) is 19.7. The van der Waals surface area contributed by atoms with Crippen LogP contribution in [0.15, 0.2) is 0 Å². The van der Waals surface area contributed by atoms with Gasteiger partial charge in [0.15, 0.2) is 0 Å². The summed E-state index contributed by atoms with van der Waals surface area (Å²) in [5, 5.41) is 0. The average molecular weight is 264 g/mol. The molecule has 2 aliphatic carbocycles. The van der Waals surface area contributed by atoms with E-state index >= 15 is 0 Å². The first-order valence-electron chi connectivity index (χ1n) is 9.29. The van der Waals surface area contributed by atoms with E-state index in [1.54, 1.807) is 25.7 Å². The molecule has 0 radical (unpaired) electrons. The van der Waals surface area contributed by atoms with Gasteiger partial charge < -0.3 is 0 Å². The largest absolute Gasteiger partial charge is 0.0651 e. The Morgan fingerprint density at radius 1 is 0.632 bits per heavy atom. The first-order chi connectivity index (χ1) is 9.29. The minimum Gasteiger partial charge on any atom is -0.0651 e. The van der Waals surface area contributed by atoms with Gasteiger partial charge in [-0.1, -0.05) is 84.5 Å². The molecule has 112 valence electrons. The Morgan fingerprint density at radius 2 is 1.32 bits per heavy atom. The van der Waals surface area contributed by atoms with Crippen LogP contribution in [0.2, 0.25) is 0 Å². The van der Waals surface area contributed by atoms with E-state index in [0.29, 0.717) is 0 Å². The molecule has 4 atom stereocenters. The van der Waals surface area contributed by atoms with Gasteiger partial charge in [0.05, 0.1) is 0 Å². The maximum atomic E-state index is 2.49. The van der Waals surface area contributed by atoms with E-state index in [1.165, 1.54) is 57.8 Å². The summed E-state index contributed by atoms with van der Waals surface area (Å²) in [7, 11) is 0. The van der Waals surface area contributed by atoms with Crippen molar-refractivity contribution in [2.75, 3.05) is 0 Å². The molecule has 0 amide bonds. The fraction of sp³-hybridized carbons (Fsp3) is 1.00. The lowest BCUT2D eigenvalue weighted by Crippen LogP contribution is -2.15. The van der Waals surface area contributed by atoms with Crippen molar-refractivity contribution in [2.24, 2.45) is 23.7 Å². The Balaban J connectivity index is 1.86. The Labute approximate surface area is 121 Å². The molecule has 0 saturated heterocycles. The van der Waals surface area contributed by atoms with Crippen LogP contribution in [0.4, 0.5) is 0 Å². The van der Waals surface area contributed by atoms with E-state index in [4.69, 9.17) is 0 Å². The first kappa shape index (κ1) is 15.4. The molecule has 0 nitrogen and oxygen atoms in total. The summed E-state index contributed by atoms with van der Waals surface area (Å²) in [5.74, 6) is 4.22. The lowest BCUT2D eigenvalue weighted by atomic mass is 9.79. The van der Waals surface area contributed by atoms with Crippen molar-refractivity contribution in [1.29, 1.82) is 0 Å². The fourth-order valence-electron chi connectivity index (χ4n) is 4.62. The average Bonchev–Trinajstić information content (AvgIpc) is 2.60. The van der Waals surface area contributed by atoms with Gasteiger partial charge >= 0.3 is 0 Å². The second-order valence-electron chi connectivity index (χ2n) is 7.62. The third kappa shape index (κ3) is 5.12. The minimum absolute atomic E-state index is 0.995. The van der Waals surface area contributed by atoms with Gasteiger partial charge in [-0.25, -0.2) is 0 Å². The van der Waals surface area contributed by atoms with E-state index in [0.717, 1.165) is 23.7 Å². The van der Waals surface area contributed by atoms with Crippen molar-refractivity contribution in [1.82, 2.24) is 0 Å². The molecule has 0 spiro atoms. The predicted molar refractivity (Wildman–Crippen MR) is 85.3 cm³/mol. The number of hydrogen-bond acceptors (Lipinski definition) is 0. The Hall–Kier alpha value is 0. The van der Waals surface area contributed by atoms with Crippen LogP contribution in [0.5, 0.6) is 0 Å². The van der Waals surface area contributed by atoms with E-state index < -0.39 is 0 Å². The molecule has 4 unspecified atom stereocenters. The molecule has 0 N–H and O–H groups in total. The summed E-state index contributed by atoms with van der Waals surface area (Å²) < 4.78 is 0. The molecule has 0 aromatic rings. The molecule has 2 aliphatic rings. The van der Waals surface area contributed by atoms with E-state index in [-0.39, 0.29) is 0 Å². The Kier molecular flexibility index (Phi) is 6.74. The molecular weight excluding hydrogens is 228 g/mol. The van der Waals surface area contributed by atoms with Crippen LogP contribution in [0, 0.1) is 23.7 Å². The molecule has 2 fully saturated rings. The lowest BCUT2D eigenvalue weighted by molar-refractivity contribution is 0.247. The van der Waals surface area contributed by atoms with E-state index in [1.807, 2.05) is 0 Å². The monoisotopic (exact) mass is 264 g/mol. The van der Waals surface area contributed by atoms with Gasteiger partial charge in [-0.3, -0.25) is 0 Å². The molecule has 2 rings (SSSR count). The van der Waals surface area contributed by atoms with Gasteiger partial charge in [0, 0.05) is 0 Å². The van der Waals surface area contributed by atoms with Crippen molar-refractivity contribution in [2.45, 2.75) is 97.3 Å². The van der Waals surface area contributed by atoms with Crippen LogP contribution < -0.4 is 0 Å². The minimum atomic E-state index is 0.995. The number of hydrogen-bond donors (Lipinski definition) is 0. The van der Waals surface area contributed by atoms with Crippen LogP contribution in [0.3, 0.4) is 0 Å². The SMILES string of the molecule is CCC1CCCC(C2CCCCCC(C)CC2)CC1. The molecule has 0 aliphatic heterocycles. The highest BCUT2D eigenvalue weighted by molar-refractivity contribution is 4.77. The maximum absolute atomic E-state index is 2.49. The lowest BCUT2D eigenvalue weighted by Gasteiger charge is -2.27. The van der Waals surface area contributed by atoms with Crippen molar-refractivity contribution >= 4 is 0 Å². The zero-order valence-corrected chi connectivity index (χ0v) is 13.5. The third-order valence-electron chi connectivity index (χ3n) is 6.18. The molecule has 0 heteroatoms. The summed E-state index contributed by atoms with van der Waals surface area (Å²) in [4.78, 5) is 0. The summed E-state index contributed by atoms with van der Waals surface area (Å²) in [5.41, 5.74) is 0. The standard InChI is InChI=1S/C19H36/c1-3-17-9-7-11-19(15-13-17)18-10-6-4-5-8-16(2)12-14-18/h16-19H,3-15H2,1-2H3. The smallest absolute Gasteiger partial charge is 0.0386 e. The van der Waals surface area contributed by atoms with Crippen LogP contribution in [0.25, 0.3) is 0 Å². The third-order valence-corrected chi connectivity index (χ3v) is 6.18. The zero-order chi connectivity index (χ0) is 13.5. The predicted octanol–water partition coefficient (Wildman–Crippen LogP) is 6.59. The quantitative estimate of drug-likeness (QED) is 0.493. The highest BCUT2D eigenvalue weighted by atomic mass is 14.3. The first-order valence-corrected chi connectivity index (χ1v) is 9.29. The van der Waals surface area contributed by atoms with Gasteiger partial charge in [-0.05, 0) is 36.5 Å². The van der Waals surface area contributed by atoms with E-state index in [9.17, 15) is 0 Å².